The molecular formula is C21H26Cl2INO4. The third kappa shape index (κ3) is 6.49. The molecule has 1 atom stereocenters. The summed E-state index contributed by atoms with van der Waals surface area (Å²) in [6.07, 6.45) is 2.08. The van der Waals surface area contributed by atoms with E-state index >= 15 is 0 Å². The van der Waals surface area contributed by atoms with Gasteiger partial charge in [-0.2, -0.15) is 0 Å². The summed E-state index contributed by atoms with van der Waals surface area (Å²) < 4.78 is 11.4. The Morgan fingerprint density at radius 1 is 1.28 bits per heavy atom. The lowest BCUT2D eigenvalue weighted by molar-refractivity contribution is -0.164. The Bertz CT molecular complexity index is 797. The standard InChI is InChI=1S/C21H26Cl2INO4/c1-4-6-9-28-20(26)13(3)29-21(27)16(5-2)14-7-8-25(12-14)18-11-15(22)10-17(23)19(18)24/h10-11,13H,4-9,12H2,1-3H3/t13-/m0/s1. The van der Waals surface area contributed by atoms with Crippen molar-refractivity contribution >= 4 is 63.4 Å². The van der Waals surface area contributed by atoms with Crippen molar-refractivity contribution in [2.75, 3.05) is 24.6 Å². The van der Waals surface area contributed by atoms with Gasteiger partial charge >= 0.3 is 11.9 Å². The quantitative estimate of drug-likeness (QED) is 0.134. The molecule has 5 nitrogen and oxygen atoms in total. The van der Waals surface area contributed by atoms with Crippen LogP contribution in [-0.4, -0.2) is 37.7 Å². The van der Waals surface area contributed by atoms with Crippen LogP contribution in [0.2, 0.25) is 10.0 Å². The highest BCUT2D eigenvalue weighted by Crippen LogP contribution is 2.36. The number of nitrogens with zero attached hydrogens (tertiary/aromatic N) is 1. The molecule has 1 saturated heterocycles. The first-order chi connectivity index (χ1) is 13.8. The first-order valence-electron chi connectivity index (χ1n) is 9.76. The maximum atomic E-state index is 12.7. The predicted octanol–water partition coefficient (Wildman–Crippen LogP) is 5.79. The van der Waals surface area contributed by atoms with Crippen LogP contribution in [0.15, 0.2) is 23.3 Å². The summed E-state index contributed by atoms with van der Waals surface area (Å²) in [4.78, 5) is 26.8. The maximum Gasteiger partial charge on any atom is 0.347 e. The zero-order valence-electron chi connectivity index (χ0n) is 16.9. The summed E-state index contributed by atoms with van der Waals surface area (Å²) in [6, 6.07) is 3.60. The van der Waals surface area contributed by atoms with E-state index in [2.05, 4.69) is 27.5 Å². The second kappa shape index (κ2) is 11.4. The molecule has 0 saturated carbocycles. The number of carbonyl (C=O) groups excluding carboxylic acids is 2. The predicted molar refractivity (Wildman–Crippen MR) is 125 cm³/mol. The van der Waals surface area contributed by atoms with Gasteiger partial charge in [0.1, 0.15) is 0 Å². The van der Waals surface area contributed by atoms with E-state index in [1.807, 2.05) is 19.9 Å². The molecule has 1 aromatic rings. The smallest absolute Gasteiger partial charge is 0.347 e. The van der Waals surface area contributed by atoms with Gasteiger partial charge < -0.3 is 14.4 Å². The van der Waals surface area contributed by atoms with Gasteiger partial charge in [-0.15, -0.1) is 0 Å². The maximum absolute atomic E-state index is 12.7. The van der Waals surface area contributed by atoms with E-state index in [0.717, 1.165) is 40.6 Å². The number of carbonyl (C=O) groups is 2. The minimum absolute atomic E-state index is 0.342. The molecule has 0 N–H and O–H groups in total. The van der Waals surface area contributed by atoms with Gasteiger partial charge in [-0.25, -0.2) is 9.59 Å². The lowest BCUT2D eigenvalue weighted by Gasteiger charge is -2.20. The molecule has 8 heteroatoms. The van der Waals surface area contributed by atoms with Crippen LogP contribution < -0.4 is 4.90 Å². The van der Waals surface area contributed by atoms with Crippen LogP contribution in [-0.2, 0) is 19.1 Å². The van der Waals surface area contributed by atoms with Crippen LogP contribution in [0.1, 0.15) is 46.5 Å². The van der Waals surface area contributed by atoms with Crippen LogP contribution in [0.3, 0.4) is 0 Å². The van der Waals surface area contributed by atoms with Gasteiger partial charge in [0.2, 0.25) is 0 Å². The molecule has 0 radical (unpaired) electrons. The van der Waals surface area contributed by atoms with Crippen LogP contribution in [0, 0.1) is 3.57 Å². The monoisotopic (exact) mass is 553 g/mol. The normalized spacial score (nSPS) is 16.6. The molecule has 0 spiro atoms. The van der Waals surface area contributed by atoms with Crippen LogP contribution >= 0.6 is 45.8 Å². The number of anilines is 1. The number of rotatable bonds is 8. The van der Waals surface area contributed by atoms with Crippen LogP contribution in [0.4, 0.5) is 5.69 Å². The fraction of sp³-hybridized carbons (Fsp3) is 0.524. The first-order valence-corrected chi connectivity index (χ1v) is 11.6. The van der Waals surface area contributed by atoms with Gasteiger partial charge in [-0.05, 0) is 66.5 Å². The fourth-order valence-corrected chi connectivity index (χ4v) is 4.27. The molecule has 1 heterocycles. The molecule has 0 aromatic heterocycles. The zero-order chi connectivity index (χ0) is 21.6. The van der Waals surface area contributed by atoms with E-state index in [4.69, 9.17) is 32.7 Å². The van der Waals surface area contributed by atoms with Crippen molar-refractivity contribution in [2.45, 2.75) is 52.6 Å². The first kappa shape index (κ1) is 24.3. The number of ether oxygens (including phenoxy) is 2. The van der Waals surface area contributed by atoms with Gasteiger partial charge in [-0.3, -0.25) is 0 Å². The van der Waals surface area contributed by atoms with Crippen molar-refractivity contribution in [3.8, 4) is 0 Å². The van der Waals surface area contributed by atoms with Crippen molar-refractivity contribution in [2.24, 2.45) is 0 Å². The van der Waals surface area contributed by atoms with Crippen molar-refractivity contribution in [3.63, 3.8) is 0 Å². The highest BCUT2D eigenvalue weighted by molar-refractivity contribution is 14.1. The number of esters is 2. The lowest BCUT2D eigenvalue weighted by atomic mass is 10.1. The molecule has 29 heavy (non-hydrogen) atoms. The number of hydrogen-bond acceptors (Lipinski definition) is 5. The van der Waals surface area contributed by atoms with Gasteiger partial charge in [0.25, 0.3) is 0 Å². The van der Waals surface area contributed by atoms with Gasteiger partial charge in [0.05, 0.1) is 20.9 Å². The zero-order valence-corrected chi connectivity index (χ0v) is 20.6. The van der Waals surface area contributed by atoms with E-state index in [9.17, 15) is 9.59 Å². The topological polar surface area (TPSA) is 55.8 Å². The number of hydrogen-bond donors (Lipinski definition) is 0. The number of benzene rings is 1. The fourth-order valence-electron chi connectivity index (χ4n) is 3.14. The van der Waals surface area contributed by atoms with Gasteiger partial charge in [-0.1, -0.05) is 43.5 Å². The van der Waals surface area contributed by atoms with Crippen molar-refractivity contribution < 1.29 is 19.1 Å². The van der Waals surface area contributed by atoms with Crippen molar-refractivity contribution in [1.82, 2.24) is 0 Å². The number of halogens is 3. The minimum Gasteiger partial charge on any atom is -0.463 e. The Morgan fingerprint density at radius 2 is 2.00 bits per heavy atom. The van der Waals surface area contributed by atoms with E-state index in [-0.39, 0.29) is 0 Å². The molecule has 0 bridgehead atoms. The Balaban J connectivity index is 2.09. The van der Waals surface area contributed by atoms with E-state index < -0.39 is 18.0 Å². The Hall–Kier alpha value is -0.990. The minimum atomic E-state index is -0.924. The molecule has 2 rings (SSSR count). The molecule has 0 unspecified atom stereocenters. The van der Waals surface area contributed by atoms with E-state index in [1.54, 1.807) is 13.0 Å². The third-order valence-corrected chi connectivity index (χ3v) is 6.73. The summed E-state index contributed by atoms with van der Waals surface area (Å²) >= 11 is 14.6. The second-order valence-corrected chi connectivity index (χ2v) is 8.82. The van der Waals surface area contributed by atoms with E-state index in [0.29, 0.717) is 35.2 Å². The largest absolute Gasteiger partial charge is 0.463 e. The van der Waals surface area contributed by atoms with Gasteiger partial charge in [0.15, 0.2) is 6.10 Å². The molecule has 1 aliphatic rings. The summed E-state index contributed by atoms with van der Waals surface area (Å²) in [5, 5.41) is 1.18. The van der Waals surface area contributed by atoms with Crippen LogP contribution in [0.5, 0.6) is 0 Å². The molecule has 1 aliphatic heterocycles. The average molecular weight is 554 g/mol. The van der Waals surface area contributed by atoms with Crippen molar-refractivity contribution in [3.05, 3.63) is 36.9 Å². The summed E-state index contributed by atoms with van der Waals surface area (Å²) in [6.45, 7) is 7.17. The third-order valence-electron chi connectivity index (χ3n) is 4.76. The van der Waals surface area contributed by atoms with Gasteiger partial charge in [0, 0.05) is 23.7 Å². The molecule has 1 aromatic carbocycles. The summed E-state index contributed by atoms with van der Waals surface area (Å²) in [5.74, 6) is -0.966. The van der Waals surface area contributed by atoms with Crippen molar-refractivity contribution in [1.29, 1.82) is 0 Å². The number of unbranched alkanes of at least 4 members (excludes halogenated alkanes) is 1. The molecule has 1 fully saturated rings. The Labute approximate surface area is 195 Å². The average Bonchev–Trinajstić information content (AvgIpc) is 3.14. The van der Waals surface area contributed by atoms with E-state index in [1.165, 1.54) is 0 Å². The molecular weight excluding hydrogens is 528 g/mol. The molecule has 0 aliphatic carbocycles. The lowest BCUT2D eigenvalue weighted by Crippen LogP contribution is -2.28. The highest BCUT2D eigenvalue weighted by atomic mass is 127. The summed E-state index contributed by atoms with van der Waals surface area (Å²) in [5.41, 5.74) is 2.58. The highest BCUT2D eigenvalue weighted by Gasteiger charge is 2.27. The molecule has 0 amide bonds. The second-order valence-electron chi connectivity index (χ2n) is 6.90. The van der Waals surface area contributed by atoms with Crippen LogP contribution in [0.25, 0.3) is 0 Å². The Morgan fingerprint density at radius 3 is 2.66 bits per heavy atom. The SMILES string of the molecule is CCCCOC(=O)[C@H](C)OC(=O)C(CC)=C1CCN(c2cc(Cl)cc(Cl)c2I)C1. The summed E-state index contributed by atoms with van der Waals surface area (Å²) in [7, 11) is 0. The Kier molecular flexibility index (Phi) is 9.56. The molecule has 160 valence electrons.